The highest BCUT2D eigenvalue weighted by molar-refractivity contribution is 7.09. The average Bonchev–Trinajstić information content (AvgIpc) is 3.06. The van der Waals surface area contributed by atoms with Crippen LogP contribution in [0.3, 0.4) is 0 Å². The van der Waals surface area contributed by atoms with Crippen molar-refractivity contribution in [2.45, 2.75) is 20.0 Å². The van der Waals surface area contributed by atoms with E-state index in [1.54, 1.807) is 10.1 Å². The number of nitrogens with zero attached hydrogens (tertiary/aromatic N) is 3. The van der Waals surface area contributed by atoms with Crippen LogP contribution in [0.15, 0.2) is 18.0 Å². The molecule has 0 aliphatic rings. The molecule has 0 unspecified atom stereocenters. The Kier molecular flexibility index (Phi) is 4.88. The van der Waals surface area contributed by atoms with Crippen LogP contribution in [0.25, 0.3) is 0 Å². The van der Waals surface area contributed by atoms with Crippen molar-refractivity contribution in [3.05, 3.63) is 34.3 Å². The van der Waals surface area contributed by atoms with E-state index in [9.17, 15) is 9.59 Å². The van der Waals surface area contributed by atoms with Gasteiger partial charge in [0.2, 0.25) is 0 Å². The van der Waals surface area contributed by atoms with Gasteiger partial charge in [-0.1, -0.05) is 0 Å². The Balaban J connectivity index is 1.69. The minimum Gasteiger partial charge on any atom is -0.476 e. The van der Waals surface area contributed by atoms with Gasteiger partial charge >= 0.3 is 12.0 Å². The molecule has 0 saturated carbocycles. The fourth-order valence-electron chi connectivity index (χ4n) is 1.61. The summed E-state index contributed by atoms with van der Waals surface area (Å²) in [6.07, 6.45) is 2.84. The number of aryl methyl sites for hydroxylation is 1. The number of carboxylic acids is 1. The fraction of sp³-hybridized carbons (Fsp3) is 0.333. The minimum atomic E-state index is -1.07. The lowest BCUT2D eigenvalue weighted by Crippen LogP contribution is -2.36. The number of imidazole rings is 1. The van der Waals surface area contributed by atoms with E-state index in [4.69, 9.17) is 5.11 Å². The SMILES string of the molecule is Cc1ncsc1CNC(=O)NCCn1cnc(C(=O)O)c1. The van der Waals surface area contributed by atoms with Gasteiger partial charge in [-0.25, -0.2) is 19.6 Å². The summed E-state index contributed by atoms with van der Waals surface area (Å²) < 4.78 is 1.61. The van der Waals surface area contributed by atoms with E-state index in [1.807, 2.05) is 6.92 Å². The standard InChI is InChI=1S/C12H15N5O3S/c1-8-10(21-7-16-8)4-14-12(20)13-2-3-17-5-9(11(18)19)15-6-17/h5-7H,2-4H2,1H3,(H,18,19)(H2,13,14,20). The number of thiazole rings is 1. The number of hydrogen-bond acceptors (Lipinski definition) is 5. The molecule has 0 spiro atoms. The fourth-order valence-corrected chi connectivity index (χ4v) is 2.33. The molecule has 0 saturated heterocycles. The largest absolute Gasteiger partial charge is 0.476 e. The van der Waals surface area contributed by atoms with Crippen LogP contribution in [-0.4, -0.2) is 38.2 Å². The van der Waals surface area contributed by atoms with E-state index in [0.29, 0.717) is 19.6 Å². The van der Waals surface area contributed by atoms with Crippen molar-refractivity contribution < 1.29 is 14.7 Å². The van der Waals surface area contributed by atoms with Gasteiger partial charge in [0.05, 0.1) is 24.1 Å². The zero-order valence-electron chi connectivity index (χ0n) is 11.4. The molecule has 21 heavy (non-hydrogen) atoms. The highest BCUT2D eigenvalue weighted by Gasteiger charge is 2.07. The van der Waals surface area contributed by atoms with Crippen LogP contribution in [0.1, 0.15) is 21.1 Å². The molecule has 8 nitrogen and oxygen atoms in total. The Morgan fingerprint density at radius 1 is 1.38 bits per heavy atom. The predicted octanol–water partition coefficient (Wildman–Crippen LogP) is 0.846. The van der Waals surface area contributed by atoms with Crippen molar-refractivity contribution in [1.29, 1.82) is 0 Å². The summed E-state index contributed by atoms with van der Waals surface area (Å²) in [5.74, 6) is -1.07. The molecule has 2 heterocycles. The molecule has 112 valence electrons. The third-order valence-corrected chi connectivity index (χ3v) is 3.70. The van der Waals surface area contributed by atoms with Gasteiger partial charge in [0.15, 0.2) is 5.69 Å². The third kappa shape index (κ3) is 4.28. The van der Waals surface area contributed by atoms with Gasteiger partial charge in [0.1, 0.15) is 0 Å². The molecule has 2 amide bonds. The molecule has 0 fully saturated rings. The lowest BCUT2D eigenvalue weighted by atomic mass is 10.4. The predicted molar refractivity (Wildman–Crippen MR) is 76.3 cm³/mol. The van der Waals surface area contributed by atoms with Crippen LogP contribution in [-0.2, 0) is 13.1 Å². The zero-order chi connectivity index (χ0) is 15.2. The number of nitrogens with one attached hydrogen (secondary N) is 2. The third-order valence-electron chi connectivity index (χ3n) is 2.76. The summed E-state index contributed by atoms with van der Waals surface area (Å²) in [6, 6.07) is -0.277. The van der Waals surface area contributed by atoms with Gasteiger partial charge in [0.25, 0.3) is 0 Å². The molecule has 0 aromatic carbocycles. The van der Waals surface area contributed by atoms with Gasteiger partial charge in [-0.15, -0.1) is 11.3 Å². The van der Waals surface area contributed by atoms with Gasteiger partial charge < -0.3 is 20.3 Å². The molecule has 0 atom stereocenters. The highest BCUT2D eigenvalue weighted by Crippen LogP contribution is 2.10. The Hall–Kier alpha value is -2.42. The Bertz CT molecular complexity index is 636. The van der Waals surface area contributed by atoms with Gasteiger partial charge in [-0.05, 0) is 6.92 Å². The number of carboxylic acid groups (broad SMARTS) is 1. The Morgan fingerprint density at radius 2 is 2.19 bits per heavy atom. The van der Waals surface area contributed by atoms with Crippen molar-refractivity contribution in [2.75, 3.05) is 6.54 Å². The van der Waals surface area contributed by atoms with Crippen molar-refractivity contribution >= 4 is 23.3 Å². The second-order valence-electron chi connectivity index (χ2n) is 4.27. The lowest BCUT2D eigenvalue weighted by Gasteiger charge is -2.07. The van der Waals surface area contributed by atoms with Crippen molar-refractivity contribution in [1.82, 2.24) is 25.2 Å². The number of rotatable bonds is 6. The minimum absolute atomic E-state index is 0.0138. The molecule has 3 N–H and O–H groups in total. The number of urea groups is 1. The van der Waals surface area contributed by atoms with Crippen LogP contribution >= 0.6 is 11.3 Å². The van der Waals surface area contributed by atoms with Crippen LogP contribution in [0.4, 0.5) is 4.79 Å². The second kappa shape index (κ2) is 6.84. The van der Waals surface area contributed by atoms with Crippen LogP contribution in [0.2, 0.25) is 0 Å². The van der Waals surface area contributed by atoms with Gasteiger partial charge in [-0.2, -0.15) is 0 Å². The number of hydrogen-bond donors (Lipinski definition) is 3. The van der Waals surface area contributed by atoms with Crippen molar-refractivity contribution in [3.63, 3.8) is 0 Å². The first-order valence-electron chi connectivity index (χ1n) is 6.22. The summed E-state index contributed by atoms with van der Waals surface area (Å²) in [6.45, 7) is 3.16. The molecule has 0 aliphatic carbocycles. The number of carbonyl (C=O) groups excluding carboxylic acids is 1. The first-order valence-corrected chi connectivity index (χ1v) is 7.10. The first-order chi connectivity index (χ1) is 10.1. The molecule has 2 aromatic heterocycles. The average molecular weight is 309 g/mol. The maximum absolute atomic E-state index is 11.6. The molecule has 2 rings (SSSR count). The molecule has 0 aliphatic heterocycles. The summed E-state index contributed by atoms with van der Waals surface area (Å²) in [7, 11) is 0. The summed E-state index contributed by atoms with van der Waals surface area (Å²) in [5.41, 5.74) is 2.64. The van der Waals surface area contributed by atoms with Crippen LogP contribution in [0, 0.1) is 6.92 Å². The molecular formula is C12H15N5O3S. The Labute approximate surface area is 124 Å². The number of aromatic nitrogens is 3. The van der Waals surface area contributed by atoms with Crippen LogP contribution < -0.4 is 10.6 Å². The van der Waals surface area contributed by atoms with E-state index >= 15 is 0 Å². The normalized spacial score (nSPS) is 10.3. The molecular weight excluding hydrogens is 294 g/mol. The lowest BCUT2D eigenvalue weighted by molar-refractivity contribution is 0.0691. The zero-order valence-corrected chi connectivity index (χ0v) is 12.2. The molecule has 0 bridgehead atoms. The van der Waals surface area contributed by atoms with Crippen molar-refractivity contribution in [2.24, 2.45) is 0 Å². The Morgan fingerprint density at radius 3 is 2.81 bits per heavy atom. The van der Waals surface area contributed by atoms with E-state index in [1.165, 1.54) is 23.9 Å². The summed E-state index contributed by atoms with van der Waals surface area (Å²) in [5, 5.41) is 14.2. The maximum atomic E-state index is 11.6. The highest BCUT2D eigenvalue weighted by atomic mass is 32.1. The van der Waals surface area contributed by atoms with Gasteiger partial charge in [-0.3, -0.25) is 0 Å². The van der Waals surface area contributed by atoms with E-state index in [2.05, 4.69) is 20.6 Å². The van der Waals surface area contributed by atoms with Crippen molar-refractivity contribution in [3.8, 4) is 0 Å². The summed E-state index contributed by atoms with van der Waals surface area (Å²) >= 11 is 1.50. The monoisotopic (exact) mass is 309 g/mol. The maximum Gasteiger partial charge on any atom is 0.356 e. The number of amides is 2. The van der Waals surface area contributed by atoms with Crippen LogP contribution in [0.5, 0.6) is 0 Å². The van der Waals surface area contributed by atoms with E-state index in [-0.39, 0.29) is 11.7 Å². The quantitative estimate of drug-likeness (QED) is 0.733. The second-order valence-corrected chi connectivity index (χ2v) is 5.21. The molecule has 9 heteroatoms. The van der Waals surface area contributed by atoms with E-state index < -0.39 is 5.97 Å². The number of aromatic carboxylic acids is 1. The topological polar surface area (TPSA) is 109 Å². The first kappa shape index (κ1) is 15.0. The molecule has 0 radical (unpaired) electrons. The number of carbonyl (C=O) groups is 2. The smallest absolute Gasteiger partial charge is 0.356 e. The summed E-state index contributed by atoms with van der Waals surface area (Å²) in [4.78, 5) is 31.1. The van der Waals surface area contributed by atoms with Gasteiger partial charge in [0, 0.05) is 24.2 Å². The van der Waals surface area contributed by atoms with E-state index in [0.717, 1.165) is 10.6 Å². The molecule has 2 aromatic rings.